The standard InChI is InChI=1S/C52H32N6.C48H30N4/c1-3-8-33(9-4-1)48-32-49(34-10-5-2-6-11-34)58-52(57-48)46-28-21-37-17-20-41(31-47(37)55-46)40-23-26-45-42(30-40)24-27-43(54-45)35-13-15-36(16-14-35)44-25-22-39-19-18-38-12-7-29-53-50(38)51(39)56-44;1-3-11-31(12-4-1)46-30-47(32-13-5-2-6-14-32)52-48(51-46)44-26-21-33-19-20-35(29-45(33)50-44)34-22-24-42-37(27-34)23-25-43(49-42)41-28-36-15-7-8-16-38(36)39-17-9-10-18-40(39)41/h1-32H;1-30H. The summed E-state index contributed by atoms with van der Waals surface area (Å²) in [4.78, 5) is 50.1. The fourth-order valence-corrected chi connectivity index (χ4v) is 14.9. The summed E-state index contributed by atoms with van der Waals surface area (Å²) in [7, 11) is 0. The molecule has 0 atom stereocenters. The van der Waals surface area contributed by atoms with Gasteiger partial charge in [0.25, 0.3) is 0 Å². The van der Waals surface area contributed by atoms with Crippen LogP contribution in [0.2, 0.25) is 0 Å². The third kappa shape index (κ3) is 12.6. The predicted molar refractivity (Wildman–Crippen MR) is 451 cm³/mol. The molecule has 0 saturated heterocycles. The van der Waals surface area contributed by atoms with Crippen molar-refractivity contribution in [3.8, 4) is 124 Å². The van der Waals surface area contributed by atoms with Crippen LogP contribution in [-0.4, -0.2) is 49.8 Å². The Balaban J connectivity index is 0.000000145. The Hall–Kier alpha value is -15.0. The van der Waals surface area contributed by atoms with Crippen LogP contribution in [-0.2, 0) is 0 Å². The van der Waals surface area contributed by atoms with Gasteiger partial charge in [-0.2, -0.15) is 0 Å². The van der Waals surface area contributed by atoms with Crippen LogP contribution >= 0.6 is 0 Å². The molecule has 0 bridgehead atoms. The molecule has 0 radical (unpaired) electrons. The molecule has 512 valence electrons. The van der Waals surface area contributed by atoms with Crippen molar-refractivity contribution in [2.45, 2.75) is 0 Å². The lowest BCUT2D eigenvalue weighted by molar-refractivity contribution is 1.16. The van der Waals surface area contributed by atoms with E-state index in [1.807, 2.05) is 103 Å². The Labute approximate surface area is 633 Å². The van der Waals surface area contributed by atoms with E-state index < -0.39 is 0 Å². The molecule has 10 heteroatoms. The van der Waals surface area contributed by atoms with Gasteiger partial charge in [0.1, 0.15) is 11.4 Å². The van der Waals surface area contributed by atoms with E-state index in [4.69, 9.17) is 44.9 Å². The molecule has 0 saturated carbocycles. The molecule has 0 fully saturated rings. The number of hydrogen-bond acceptors (Lipinski definition) is 10. The highest BCUT2D eigenvalue weighted by Crippen LogP contribution is 2.39. The Morgan fingerprint density at radius 3 is 1.02 bits per heavy atom. The minimum atomic E-state index is 0.589. The third-order valence-corrected chi connectivity index (χ3v) is 20.6. The van der Waals surface area contributed by atoms with Crippen LogP contribution in [0.25, 0.3) is 211 Å². The van der Waals surface area contributed by atoms with Crippen molar-refractivity contribution in [2.24, 2.45) is 0 Å². The van der Waals surface area contributed by atoms with Crippen LogP contribution in [0.1, 0.15) is 0 Å². The van der Waals surface area contributed by atoms with E-state index in [0.717, 1.165) is 178 Å². The van der Waals surface area contributed by atoms with E-state index in [9.17, 15) is 0 Å². The third-order valence-electron chi connectivity index (χ3n) is 20.6. The Kier molecular flexibility index (Phi) is 16.3. The van der Waals surface area contributed by atoms with Gasteiger partial charge in [-0.3, -0.25) is 4.98 Å². The van der Waals surface area contributed by atoms with Gasteiger partial charge in [-0.05, 0) is 135 Å². The summed E-state index contributed by atoms with van der Waals surface area (Å²) >= 11 is 0. The summed E-state index contributed by atoms with van der Waals surface area (Å²) in [5, 5.41) is 11.4. The van der Waals surface area contributed by atoms with Crippen LogP contribution in [0.4, 0.5) is 0 Å². The van der Waals surface area contributed by atoms with Crippen molar-refractivity contribution < 1.29 is 0 Å². The van der Waals surface area contributed by atoms with Crippen molar-refractivity contribution in [3.63, 3.8) is 0 Å². The maximum atomic E-state index is 5.16. The highest BCUT2D eigenvalue weighted by molar-refractivity contribution is 6.14. The molecule has 8 heterocycles. The molecule has 10 nitrogen and oxygen atoms in total. The van der Waals surface area contributed by atoms with Crippen LogP contribution in [0, 0.1) is 0 Å². The van der Waals surface area contributed by atoms with E-state index in [2.05, 4.69) is 278 Å². The quantitative estimate of drug-likeness (QED) is 0.115. The van der Waals surface area contributed by atoms with Crippen LogP contribution in [0.15, 0.2) is 376 Å². The number of rotatable bonds is 11. The monoisotopic (exact) mass is 1400 g/mol. The zero-order chi connectivity index (χ0) is 72.9. The maximum Gasteiger partial charge on any atom is 0.179 e. The molecule has 110 heavy (non-hydrogen) atoms. The van der Waals surface area contributed by atoms with Gasteiger partial charge >= 0.3 is 0 Å². The average Bonchev–Trinajstić information content (AvgIpc) is 0.753. The molecule has 0 amide bonds. The number of hydrogen-bond donors (Lipinski definition) is 0. The van der Waals surface area contributed by atoms with E-state index in [0.29, 0.717) is 11.6 Å². The average molecular weight is 1400 g/mol. The largest absolute Gasteiger partial charge is 0.254 e. The van der Waals surface area contributed by atoms with Gasteiger partial charge in [0.05, 0.1) is 73.0 Å². The predicted octanol–water partition coefficient (Wildman–Crippen LogP) is 24.9. The smallest absolute Gasteiger partial charge is 0.179 e. The van der Waals surface area contributed by atoms with Crippen molar-refractivity contribution >= 4 is 87.0 Å². The van der Waals surface area contributed by atoms with E-state index >= 15 is 0 Å². The molecule has 0 aliphatic rings. The van der Waals surface area contributed by atoms with Crippen molar-refractivity contribution in [1.82, 2.24) is 49.8 Å². The molecule has 0 spiro atoms. The summed E-state index contributed by atoms with van der Waals surface area (Å²) < 4.78 is 0. The number of pyridine rings is 6. The van der Waals surface area contributed by atoms with Crippen LogP contribution in [0.3, 0.4) is 0 Å². The number of fused-ring (bicyclic) bond motifs is 10. The zero-order valence-electron chi connectivity index (χ0n) is 59.3. The molecular weight excluding hydrogens is 1340 g/mol. The molecule has 21 aromatic rings. The lowest BCUT2D eigenvalue weighted by Crippen LogP contribution is -1.97. The van der Waals surface area contributed by atoms with Crippen LogP contribution in [0.5, 0.6) is 0 Å². The van der Waals surface area contributed by atoms with Gasteiger partial charge in [-0.15, -0.1) is 0 Å². The Morgan fingerprint density at radius 1 is 0.155 bits per heavy atom. The first-order valence-electron chi connectivity index (χ1n) is 36.7. The molecule has 21 rings (SSSR count). The molecule has 0 aliphatic heterocycles. The minimum absolute atomic E-state index is 0.589. The molecule has 0 aliphatic carbocycles. The first-order chi connectivity index (χ1) is 54.4. The van der Waals surface area contributed by atoms with Crippen LogP contribution < -0.4 is 0 Å². The molecular formula is C100H62N10. The fraction of sp³-hybridized carbons (Fsp3) is 0. The molecule has 13 aromatic carbocycles. The molecule has 0 N–H and O–H groups in total. The van der Waals surface area contributed by atoms with Gasteiger partial charge in [0.2, 0.25) is 0 Å². The van der Waals surface area contributed by atoms with Crippen molar-refractivity contribution in [1.29, 1.82) is 0 Å². The topological polar surface area (TPSA) is 129 Å². The molecule has 8 aromatic heterocycles. The van der Waals surface area contributed by atoms with Gasteiger partial charge < -0.3 is 0 Å². The summed E-state index contributed by atoms with van der Waals surface area (Å²) in [6.07, 6.45) is 1.82. The molecule has 0 unspecified atom stereocenters. The summed E-state index contributed by atoms with van der Waals surface area (Å²) in [6.45, 7) is 0. The summed E-state index contributed by atoms with van der Waals surface area (Å²) in [6, 6.07) is 128. The van der Waals surface area contributed by atoms with Crippen molar-refractivity contribution in [2.75, 3.05) is 0 Å². The Bertz CT molecular complexity index is 7030. The second-order valence-electron chi connectivity index (χ2n) is 27.5. The van der Waals surface area contributed by atoms with E-state index in [-0.39, 0.29) is 0 Å². The van der Waals surface area contributed by atoms with Gasteiger partial charge in [0, 0.05) is 77.5 Å². The van der Waals surface area contributed by atoms with E-state index in [1.54, 1.807) is 0 Å². The highest BCUT2D eigenvalue weighted by atomic mass is 14.9. The Morgan fingerprint density at radius 2 is 0.500 bits per heavy atom. The first-order valence-corrected chi connectivity index (χ1v) is 36.7. The van der Waals surface area contributed by atoms with Gasteiger partial charge in [-0.1, -0.05) is 279 Å². The normalized spacial score (nSPS) is 11.5. The lowest BCUT2D eigenvalue weighted by Gasteiger charge is -2.12. The van der Waals surface area contributed by atoms with Gasteiger partial charge in [0.15, 0.2) is 11.6 Å². The van der Waals surface area contributed by atoms with Gasteiger partial charge in [-0.25, -0.2) is 44.9 Å². The zero-order valence-corrected chi connectivity index (χ0v) is 59.3. The minimum Gasteiger partial charge on any atom is -0.254 e. The fourth-order valence-electron chi connectivity index (χ4n) is 14.9. The number of aromatic nitrogens is 10. The second-order valence-corrected chi connectivity index (χ2v) is 27.5. The second kappa shape index (κ2) is 27.8. The van der Waals surface area contributed by atoms with Crippen molar-refractivity contribution in [3.05, 3.63) is 376 Å². The number of nitrogens with zero attached hydrogens (tertiary/aromatic N) is 10. The first kappa shape index (κ1) is 64.6. The maximum absolute atomic E-state index is 5.16. The lowest BCUT2D eigenvalue weighted by atomic mass is 9.95. The summed E-state index contributed by atoms with van der Waals surface area (Å²) in [5.41, 5.74) is 25.0. The van der Waals surface area contributed by atoms with E-state index in [1.165, 1.54) is 21.5 Å². The summed E-state index contributed by atoms with van der Waals surface area (Å²) in [5.74, 6) is 1.19. The SMILES string of the molecule is c1ccc(-c2cc(-c3ccccc3)nc(-c3ccc4ccc(-c5ccc6nc(-c7cc8ccccc8c8ccccc78)ccc6c5)cc4n3)n2)cc1.c1ccc(-c2cc(-c3ccccc3)nc(-c3ccc4ccc(-c5ccc6nc(-c7ccc(-c8ccc9ccc%10cccnc%10c9n8)cc7)ccc6c5)cc4n3)n2)cc1. The highest BCUT2D eigenvalue weighted by Gasteiger charge is 2.18. The number of benzene rings is 13.